The Balaban J connectivity index is 2.37. The second kappa shape index (κ2) is 4.03. The number of aliphatic hydroxyl groups is 1. The minimum atomic E-state index is -0.501. The highest BCUT2D eigenvalue weighted by atomic mass is 35.5. The van der Waals surface area contributed by atoms with Gasteiger partial charge >= 0.3 is 0 Å². The topological polar surface area (TPSA) is 63.4 Å². The molecule has 1 fully saturated rings. The number of rotatable bonds is 3. The lowest BCUT2D eigenvalue weighted by Crippen LogP contribution is -2.37. The van der Waals surface area contributed by atoms with Gasteiger partial charge in [-0.2, -0.15) is 0 Å². The highest BCUT2D eigenvalue weighted by Crippen LogP contribution is 2.44. The fourth-order valence-corrected chi connectivity index (χ4v) is 2.38. The van der Waals surface area contributed by atoms with Gasteiger partial charge in [-0.15, -0.1) is 0 Å². The first-order valence-electron chi connectivity index (χ1n) is 5.14. The Kier molecular flexibility index (Phi) is 2.86. The summed E-state index contributed by atoms with van der Waals surface area (Å²) in [6.07, 6.45) is 2.91. The summed E-state index contributed by atoms with van der Waals surface area (Å²) in [4.78, 5) is 10.1. The van der Waals surface area contributed by atoms with Gasteiger partial charge in [0.1, 0.15) is 5.02 Å². The smallest absolute Gasteiger partial charge is 0.287 e. The van der Waals surface area contributed by atoms with Crippen molar-refractivity contribution in [1.29, 1.82) is 0 Å². The van der Waals surface area contributed by atoms with Crippen molar-refractivity contribution in [3.63, 3.8) is 0 Å². The molecule has 0 bridgehead atoms. The van der Waals surface area contributed by atoms with Crippen molar-refractivity contribution in [2.24, 2.45) is 0 Å². The van der Waals surface area contributed by atoms with Crippen LogP contribution in [0.5, 0.6) is 0 Å². The first kappa shape index (κ1) is 11.4. The SMILES string of the molecule is O=[N+]([O-])c1ccc(C2(CO)CCC2)cc1Cl. The molecule has 0 aromatic heterocycles. The van der Waals surface area contributed by atoms with Crippen LogP contribution in [0.3, 0.4) is 0 Å². The van der Waals surface area contributed by atoms with Crippen molar-refractivity contribution in [2.45, 2.75) is 24.7 Å². The van der Waals surface area contributed by atoms with Crippen LogP contribution in [-0.2, 0) is 5.41 Å². The molecule has 0 amide bonds. The molecule has 0 aliphatic heterocycles. The van der Waals surface area contributed by atoms with E-state index in [4.69, 9.17) is 11.6 Å². The predicted molar refractivity (Wildman–Crippen MR) is 60.7 cm³/mol. The number of nitro benzene ring substituents is 1. The number of hydrogen-bond acceptors (Lipinski definition) is 3. The molecule has 0 atom stereocenters. The fourth-order valence-electron chi connectivity index (χ4n) is 2.13. The second-order valence-electron chi connectivity index (χ2n) is 4.22. The first-order valence-corrected chi connectivity index (χ1v) is 5.52. The Morgan fingerprint density at radius 2 is 2.19 bits per heavy atom. The van der Waals surface area contributed by atoms with Crippen LogP contribution in [0, 0.1) is 10.1 Å². The molecule has 0 spiro atoms. The van der Waals surface area contributed by atoms with Crippen molar-refractivity contribution in [1.82, 2.24) is 0 Å². The summed E-state index contributed by atoms with van der Waals surface area (Å²) in [6, 6.07) is 4.71. The lowest BCUT2D eigenvalue weighted by atomic mass is 9.65. The molecule has 5 heteroatoms. The van der Waals surface area contributed by atoms with Crippen LogP contribution in [0.1, 0.15) is 24.8 Å². The number of hydrogen-bond donors (Lipinski definition) is 1. The first-order chi connectivity index (χ1) is 7.59. The molecule has 1 saturated carbocycles. The molecule has 16 heavy (non-hydrogen) atoms. The number of nitro groups is 1. The molecular weight excluding hydrogens is 230 g/mol. The molecule has 2 rings (SSSR count). The fraction of sp³-hybridized carbons (Fsp3) is 0.455. The zero-order valence-electron chi connectivity index (χ0n) is 8.65. The summed E-state index contributed by atoms with van der Waals surface area (Å²) in [5.74, 6) is 0. The maximum Gasteiger partial charge on any atom is 0.287 e. The standard InChI is InChI=1S/C11H12ClNO3/c12-9-6-8(2-3-10(9)13(15)16)11(7-14)4-1-5-11/h2-3,6,14H,1,4-5,7H2. The Hall–Kier alpha value is -1.13. The maximum atomic E-state index is 10.6. The molecule has 0 radical (unpaired) electrons. The summed E-state index contributed by atoms with van der Waals surface area (Å²) >= 11 is 5.85. The van der Waals surface area contributed by atoms with E-state index < -0.39 is 4.92 Å². The number of benzene rings is 1. The van der Waals surface area contributed by atoms with E-state index in [9.17, 15) is 15.2 Å². The summed E-state index contributed by atoms with van der Waals surface area (Å²) < 4.78 is 0. The zero-order chi connectivity index (χ0) is 11.8. The molecular formula is C11H12ClNO3. The third kappa shape index (κ3) is 1.68. The summed E-state index contributed by atoms with van der Waals surface area (Å²) in [7, 11) is 0. The van der Waals surface area contributed by atoms with Crippen LogP contribution in [0.4, 0.5) is 5.69 Å². The van der Waals surface area contributed by atoms with Crippen LogP contribution in [-0.4, -0.2) is 16.6 Å². The van der Waals surface area contributed by atoms with E-state index in [1.54, 1.807) is 12.1 Å². The van der Waals surface area contributed by atoms with Gasteiger partial charge in [-0.3, -0.25) is 10.1 Å². The Morgan fingerprint density at radius 3 is 2.56 bits per heavy atom. The third-order valence-electron chi connectivity index (χ3n) is 3.37. The van der Waals surface area contributed by atoms with Crippen LogP contribution in [0.2, 0.25) is 5.02 Å². The van der Waals surface area contributed by atoms with Gasteiger partial charge in [0, 0.05) is 11.5 Å². The molecule has 1 aromatic carbocycles. The van der Waals surface area contributed by atoms with Crippen LogP contribution < -0.4 is 0 Å². The molecule has 1 N–H and O–H groups in total. The molecule has 1 aliphatic carbocycles. The van der Waals surface area contributed by atoms with Gasteiger partial charge in [-0.1, -0.05) is 24.1 Å². The Labute approximate surface area is 98.0 Å². The number of halogens is 1. The minimum absolute atomic E-state index is 0.0706. The van der Waals surface area contributed by atoms with Crippen molar-refractivity contribution < 1.29 is 10.0 Å². The van der Waals surface area contributed by atoms with Gasteiger partial charge in [-0.25, -0.2) is 0 Å². The molecule has 0 unspecified atom stereocenters. The highest BCUT2D eigenvalue weighted by molar-refractivity contribution is 6.32. The maximum absolute atomic E-state index is 10.6. The molecule has 4 nitrogen and oxygen atoms in total. The van der Waals surface area contributed by atoms with Crippen molar-refractivity contribution in [2.75, 3.05) is 6.61 Å². The lowest BCUT2D eigenvalue weighted by molar-refractivity contribution is -0.384. The molecule has 86 valence electrons. The Morgan fingerprint density at radius 1 is 1.50 bits per heavy atom. The van der Waals surface area contributed by atoms with E-state index in [2.05, 4.69) is 0 Å². The number of nitrogens with zero attached hydrogens (tertiary/aromatic N) is 1. The zero-order valence-corrected chi connectivity index (χ0v) is 9.41. The van der Waals surface area contributed by atoms with Gasteiger partial charge in [-0.05, 0) is 24.5 Å². The monoisotopic (exact) mass is 241 g/mol. The average molecular weight is 242 g/mol. The van der Waals surface area contributed by atoms with Crippen molar-refractivity contribution >= 4 is 17.3 Å². The molecule has 1 aliphatic rings. The summed E-state index contributed by atoms with van der Waals surface area (Å²) in [6.45, 7) is 0.0706. The quantitative estimate of drug-likeness (QED) is 0.654. The van der Waals surface area contributed by atoms with E-state index in [1.807, 2.05) is 0 Å². The van der Waals surface area contributed by atoms with E-state index in [0.717, 1.165) is 24.8 Å². The normalized spacial score (nSPS) is 17.9. The largest absolute Gasteiger partial charge is 0.395 e. The third-order valence-corrected chi connectivity index (χ3v) is 3.67. The number of aliphatic hydroxyl groups excluding tert-OH is 1. The molecule has 0 heterocycles. The summed E-state index contributed by atoms with van der Waals surface area (Å²) in [5, 5.41) is 20.1. The van der Waals surface area contributed by atoms with E-state index >= 15 is 0 Å². The van der Waals surface area contributed by atoms with Gasteiger partial charge in [0.2, 0.25) is 0 Å². The van der Waals surface area contributed by atoms with Crippen molar-refractivity contribution in [3.8, 4) is 0 Å². The Bertz CT molecular complexity index is 424. The summed E-state index contributed by atoms with van der Waals surface area (Å²) in [5.41, 5.74) is 0.591. The minimum Gasteiger partial charge on any atom is -0.395 e. The van der Waals surface area contributed by atoms with E-state index in [1.165, 1.54) is 6.07 Å². The molecule has 0 saturated heterocycles. The lowest BCUT2D eigenvalue weighted by Gasteiger charge is -2.40. The van der Waals surface area contributed by atoms with Gasteiger partial charge in [0.15, 0.2) is 0 Å². The second-order valence-corrected chi connectivity index (χ2v) is 4.62. The van der Waals surface area contributed by atoms with Gasteiger partial charge in [0.25, 0.3) is 5.69 Å². The van der Waals surface area contributed by atoms with E-state index in [0.29, 0.717) is 0 Å². The van der Waals surface area contributed by atoms with Gasteiger partial charge < -0.3 is 5.11 Å². The van der Waals surface area contributed by atoms with Crippen LogP contribution >= 0.6 is 11.6 Å². The van der Waals surface area contributed by atoms with Crippen LogP contribution in [0.15, 0.2) is 18.2 Å². The van der Waals surface area contributed by atoms with Crippen molar-refractivity contribution in [3.05, 3.63) is 38.9 Å². The average Bonchev–Trinajstić information content (AvgIpc) is 2.16. The van der Waals surface area contributed by atoms with Gasteiger partial charge in [0.05, 0.1) is 11.5 Å². The molecule has 1 aromatic rings. The van der Waals surface area contributed by atoms with E-state index in [-0.39, 0.29) is 22.7 Å². The highest BCUT2D eigenvalue weighted by Gasteiger charge is 2.38. The van der Waals surface area contributed by atoms with Crippen LogP contribution in [0.25, 0.3) is 0 Å². The predicted octanol–water partition coefficient (Wildman–Crippen LogP) is 2.66.